The summed E-state index contributed by atoms with van der Waals surface area (Å²) in [6.45, 7) is 7.07. The molecule has 2 heteroatoms. The Balaban J connectivity index is 2.08. The third-order valence-corrected chi connectivity index (χ3v) is 4.46. The van der Waals surface area contributed by atoms with E-state index in [1.807, 2.05) is 0 Å². The Bertz CT molecular complexity index is 416. The highest BCUT2D eigenvalue weighted by molar-refractivity contribution is 5.42. The van der Waals surface area contributed by atoms with Crippen molar-refractivity contribution in [2.24, 2.45) is 0 Å². The van der Waals surface area contributed by atoms with Crippen LogP contribution in [0.15, 0.2) is 18.2 Å². The van der Waals surface area contributed by atoms with Gasteiger partial charge in [0, 0.05) is 6.04 Å². The molecule has 0 saturated carbocycles. The summed E-state index contributed by atoms with van der Waals surface area (Å²) >= 11 is 0. The van der Waals surface area contributed by atoms with Crippen LogP contribution in [0.5, 0.6) is 5.75 Å². The van der Waals surface area contributed by atoms with Crippen molar-refractivity contribution in [2.45, 2.75) is 58.4 Å². The van der Waals surface area contributed by atoms with Gasteiger partial charge in [-0.1, -0.05) is 32.4 Å². The normalized spacial score (nSPS) is 18.1. The summed E-state index contributed by atoms with van der Waals surface area (Å²) in [4.78, 5) is 2.71. The van der Waals surface area contributed by atoms with Crippen molar-refractivity contribution >= 4 is 0 Å². The van der Waals surface area contributed by atoms with Gasteiger partial charge in [-0.3, -0.25) is 0 Å². The van der Waals surface area contributed by atoms with Gasteiger partial charge in [0.15, 0.2) is 0 Å². The monoisotopic (exact) mass is 275 g/mol. The van der Waals surface area contributed by atoms with Crippen LogP contribution >= 0.6 is 0 Å². The zero-order valence-electron chi connectivity index (χ0n) is 13.3. The molecular formula is C18H29NO. The first-order chi connectivity index (χ1) is 9.80. The molecule has 0 aliphatic heterocycles. The molecule has 1 aromatic carbocycles. The van der Waals surface area contributed by atoms with Crippen LogP contribution in [0, 0.1) is 0 Å². The van der Waals surface area contributed by atoms with E-state index in [0.29, 0.717) is 0 Å². The first-order valence-electron chi connectivity index (χ1n) is 8.18. The molecule has 0 heterocycles. The molecule has 2 rings (SSSR count). The van der Waals surface area contributed by atoms with Crippen LogP contribution in [0.1, 0.15) is 50.7 Å². The number of unbranched alkanes of at least 4 members (excludes halogenated alkanes) is 1. The number of hydrogen-bond donors (Lipinski definition) is 0. The summed E-state index contributed by atoms with van der Waals surface area (Å²) in [5, 5.41) is 0. The number of nitrogens with zero attached hydrogens (tertiary/aromatic N) is 1. The summed E-state index contributed by atoms with van der Waals surface area (Å²) in [5.41, 5.74) is 2.94. The summed E-state index contributed by atoms with van der Waals surface area (Å²) in [5.74, 6) is 1.08. The molecule has 112 valence electrons. The quantitative estimate of drug-likeness (QED) is 0.744. The minimum atomic E-state index is 0.723. The Morgan fingerprint density at radius 2 is 2.05 bits per heavy atom. The van der Waals surface area contributed by atoms with Crippen molar-refractivity contribution in [3.05, 3.63) is 29.3 Å². The molecule has 1 aromatic rings. The highest BCUT2D eigenvalue weighted by Gasteiger charge is 2.25. The first-order valence-corrected chi connectivity index (χ1v) is 8.18. The molecule has 0 saturated heterocycles. The molecule has 1 aliphatic carbocycles. The number of methoxy groups -OCH3 is 1. The number of rotatable bonds is 7. The summed E-state index contributed by atoms with van der Waals surface area (Å²) in [6, 6.07) is 7.24. The van der Waals surface area contributed by atoms with Crippen LogP contribution < -0.4 is 4.74 Å². The topological polar surface area (TPSA) is 12.5 Å². The minimum Gasteiger partial charge on any atom is -0.496 e. The standard InChI is InChI=1S/C18H29NO/c1-4-6-13-19(12-5-2)16-10-11-17-15(14-16)8-7-9-18(17)20-3/h7-9,16H,4-6,10-14H2,1-3H3. The van der Waals surface area contributed by atoms with Gasteiger partial charge in [-0.25, -0.2) is 0 Å². The third-order valence-electron chi connectivity index (χ3n) is 4.46. The van der Waals surface area contributed by atoms with Gasteiger partial charge in [0.05, 0.1) is 7.11 Å². The Morgan fingerprint density at radius 3 is 2.75 bits per heavy atom. The van der Waals surface area contributed by atoms with Crippen molar-refractivity contribution in [1.29, 1.82) is 0 Å². The van der Waals surface area contributed by atoms with E-state index in [1.165, 1.54) is 56.3 Å². The summed E-state index contributed by atoms with van der Waals surface area (Å²) < 4.78 is 5.51. The minimum absolute atomic E-state index is 0.723. The van der Waals surface area contributed by atoms with Crippen LogP contribution in [0.4, 0.5) is 0 Å². The van der Waals surface area contributed by atoms with E-state index in [4.69, 9.17) is 4.74 Å². The Labute approximate surface area is 124 Å². The van der Waals surface area contributed by atoms with E-state index in [-0.39, 0.29) is 0 Å². The van der Waals surface area contributed by atoms with Gasteiger partial charge < -0.3 is 9.64 Å². The number of fused-ring (bicyclic) bond motifs is 1. The molecule has 0 N–H and O–H groups in total. The predicted octanol–water partition coefficient (Wildman–Crippen LogP) is 4.06. The molecular weight excluding hydrogens is 246 g/mol. The molecule has 1 aliphatic rings. The lowest BCUT2D eigenvalue weighted by Gasteiger charge is -2.35. The lowest BCUT2D eigenvalue weighted by Crippen LogP contribution is -2.40. The highest BCUT2D eigenvalue weighted by atomic mass is 16.5. The van der Waals surface area contributed by atoms with Crippen LogP contribution in [-0.2, 0) is 12.8 Å². The molecule has 1 atom stereocenters. The smallest absolute Gasteiger partial charge is 0.122 e. The third kappa shape index (κ3) is 3.54. The van der Waals surface area contributed by atoms with E-state index >= 15 is 0 Å². The molecule has 2 nitrogen and oxygen atoms in total. The molecule has 0 fully saturated rings. The van der Waals surface area contributed by atoms with Crippen molar-refractivity contribution < 1.29 is 4.74 Å². The summed E-state index contributed by atoms with van der Waals surface area (Å²) in [7, 11) is 1.78. The van der Waals surface area contributed by atoms with Crippen LogP contribution in [0.2, 0.25) is 0 Å². The highest BCUT2D eigenvalue weighted by Crippen LogP contribution is 2.31. The fraction of sp³-hybridized carbons (Fsp3) is 0.667. The van der Waals surface area contributed by atoms with Gasteiger partial charge in [0.1, 0.15) is 5.75 Å². The van der Waals surface area contributed by atoms with Crippen LogP contribution in [-0.4, -0.2) is 31.1 Å². The van der Waals surface area contributed by atoms with Gasteiger partial charge in [0.25, 0.3) is 0 Å². The van der Waals surface area contributed by atoms with Gasteiger partial charge in [-0.15, -0.1) is 0 Å². The SMILES string of the molecule is CCCCN(CCC)C1CCc2c(cccc2OC)C1. The van der Waals surface area contributed by atoms with E-state index in [1.54, 1.807) is 7.11 Å². The van der Waals surface area contributed by atoms with Gasteiger partial charge in [-0.05, 0) is 62.4 Å². The molecule has 0 aromatic heterocycles. The van der Waals surface area contributed by atoms with E-state index in [9.17, 15) is 0 Å². The van der Waals surface area contributed by atoms with Crippen molar-refractivity contribution in [3.63, 3.8) is 0 Å². The number of ether oxygens (including phenoxy) is 1. The molecule has 0 amide bonds. The predicted molar refractivity (Wildman–Crippen MR) is 85.6 cm³/mol. The Hall–Kier alpha value is -1.02. The van der Waals surface area contributed by atoms with Gasteiger partial charge >= 0.3 is 0 Å². The van der Waals surface area contributed by atoms with Gasteiger partial charge in [0.2, 0.25) is 0 Å². The lowest BCUT2D eigenvalue weighted by molar-refractivity contribution is 0.176. The molecule has 20 heavy (non-hydrogen) atoms. The second-order valence-electron chi connectivity index (χ2n) is 5.88. The maximum atomic E-state index is 5.51. The fourth-order valence-corrected chi connectivity index (χ4v) is 3.38. The largest absolute Gasteiger partial charge is 0.496 e. The van der Waals surface area contributed by atoms with E-state index < -0.39 is 0 Å². The number of hydrogen-bond acceptors (Lipinski definition) is 2. The average molecular weight is 275 g/mol. The fourth-order valence-electron chi connectivity index (χ4n) is 3.38. The van der Waals surface area contributed by atoms with Crippen molar-refractivity contribution in [3.8, 4) is 5.75 Å². The van der Waals surface area contributed by atoms with Crippen LogP contribution in [0.3, 0.4) is 0 Å². The summed E-state index contributed by atoms with van der Waals surface area (Å²) in [6.07, 6.45) is 7.49. The molecule has 0 bridgehead atoms. The zero-order valence-corrected chi connectivity index (χ0v) is 13.3. The average Bonchev–Trinajstić information content (AvgIpc) is 2.50. The molecule has 0 radical (unpaired) electrons. The molecule has 0 spiro atoms. The second-order valence-corrected chi connectivity index (χ2v) is 5.88. The number of benzene rings is 1. The lowest BCUT2D eigenvalue weighted by atomic mass is 9.86. The maximum absolute atomic E-state index is 5.51. The van der Waals surface area contributed by atoms with Crippen molar-refractivity contribution in [1.82, 2.24) is 4.90 Å². The van der Waals surface area contributed by atoms with Gasteiger partial charge in [-0.2, -0.15) is 0 Å². The second kappa shape index (κ2) is 7.68. The van der Waals surface area contributed by atoms with Crippen LogP contribution in [0.25, 0.3) is 0 Å². The zero-order chi connectivity index (χ0) is 14.4. The Kier molecular flexibility index (Phi) is 5.90. The Morgan fingerprint density at radius 1 is 1.20 bits per heavy atom. The molecule has 1 unspecified atom stereocenters. The first kappa shape index (κ1) is 15.4. The van der Waals surface area contributed by atoms with E-state index in [0.717, 1.165) is 18.2 Å². The van der Waals surface area contributed by atoms with Crippen molar-refractivity contribution in [2.75, 3.05) is 20.2 Å². The maximum Gasteiger partial charge on any atom is 0.122 e. The van der Waals surface area contributed by atoms with E-state index in [2.05, 4.69) is 36.9 Å².